The van der Waals surface area contributed by atoms with Gasteiger partial charge in [-0.15, -0.1) is 11.3 Å². The van der Waals surface area contributed by atoms with Crippen LogP contribution in [0.1, 0.15) is 5.56 Å². The molecule has 0 unspecified atom stereocenters. The molecule has 0 radical (unpaired) electrons. The fourth-order valence-corrected chi connectivity index (χ4v) is 6.29. The molecule has 2 aromatic carbocycles. The molecule has 1 aliphatic heterocycles. The number of rotatable bonds is 5. The standard InChI is InChI=1S/C21H21FN2O3S2/c22-17-4-1-3-16(13-17)14-19-15-23(29(26,27)21-5-2-12-28-21)10-11-24(19)18-6-8-20(25)9-7-18/h1-9,12-13,19,25H,10-11,14-15H2/t19-/m1/s1. The summed E-state index contributed by atoms with van der Waals surface area (Å²) in [5.41, 5.74) is 1.71. The number of sulfonamides is 1. The molecule has 8 heteroatoms. The van der Waals surface area contributed by atoms with Crippen LogP contribution in [-0.4, -0.2) is 43.5 Å². The number of thiophene rings is 1. The van der Waals surface area contributed by atoms with E-state index < -0.39 is 10.0 Å². The number of benzene rings is 2. The lowest BCUT2D eigenvalue weighted by atomic mass is 10.0. The van der Waals surface area contributed by atoms with Crippen LogP contribution in [0, 0.1) is 5.82 Å². The minimum atomic E-state index is -3.55. The minimum absolute atomic E-state index is 0.162. The van der Waals surface area contributed by atoms with Gasteiger partial charge in [-0.2, -0.15) is 4.31 Å². The monoisotopic (exact) mass is 432 g/mol. The van der Waals surface area contributed by atoms with Crippen LogP contribution in [0.3, 0.4) is 0 Å². The second-order valence-electron chi connectivity index (χ2n) is 6.99. The van der Waals surface area contributed by atoms with Crippen molar-refractivity contribution >= 4 is 27.0 Å². The second-order valence-corrected chi connectivity index (χ2v) is 10.1. The van der Waals surface area contributed by atoms with E-state index in [0.29, 0.717) is 30.3 Å². The molecule has 0 aliphatic carbocycles. The van der Waals surface area contributed by atoms with Crippen molar-refractivity contribution in [3.05, 3.63) is 77.4 Å². The van der Waals surface area contributed by atoms with Crippen LogP contribution in [0.4, 0.5) is 10.1 Å². The second kappa shape index (κ2) is 8.14. The SMILES string of the molecule is O=S(=O)(c1cccs1)N1CCN(c2ccc(O)cc2)[C@H](Cc2cccc(F)c2)C1. The van der Waals surface area contributed by atoms with E-state index in [9.17, 15) is 17.9 Å². The number of nitrogens with zero attached hydrogens (tertiary/aromatic N) is 2. The van der Waals surface area contributed by atoms with Gasteiger partial charge in [-0.3, -0.25) is 0 Å². The van der Waals surface area contributed by atoms with E-state index in [2.05, 4.69) is 4.90 Å². The Kier molecular flexibility index (Phi) is 5.58. The van der Waals surface area contributed by atoms with Crippen molar-refractivity contribution < 1.29 is 17.9 Å². The molecule has 2 heterocycles. The first-order chi connectivity index (χ1) is 13.9. The molecule has 0 bridgehead atoms. The molecule has 0 amide bonds. The number of phenols is 1. The van der Waals surface area contributed by atoms with E-state index in [1.807, 2.05) is 18.2 Å². The Hall–Kier alpha value is -2.42. The third-order valence-corrected chi connectivity index (χ3v) is 8.31. The molecule has 4 rings (SSSR count). The van der Waals surface area contributed by atoms with Gasteiger partial charge in [0.05, 0.1) is 0 Å². The van der Waals surface area contributed by atoms with Crippen molar-refractivity contribution in [1.82, 2.24) is 4.31 Å². The maximum atomic E-state index is 13.7. The van der Waals surface area contributed by atoms with Gasteiger partial charge >= 0.3 is 0 Å². The van der Waals surface area contributed by atoms with Gasteiger partial charge in [0, 0.05) is 31.4 Å². The van der Waals surface area contributed by atoms with Crippen molar-refractivity contribution in [3.63, 3.8) is 0 Å². The molecule has 0 saturated carbocycles. The minimum Gasteiger partial charge on any atom is -0.508 e. The number of hydrogen-bond acceptors (Lipinski definition) is 5. The fourth-order valence-electron chi connectivity index (χ4n) is 3.68. The predicted octanol–water partition coefficient (Wildman–Crippen LogP) is 3.72. The maximum Gasteiger partial charge on any atom is 0.252 e. The van der Waals surface area contributed by atoms with Crippen LogP contribution in [0.5, 0.6) is 5.75 Å². The molecule has 1 fully saturated rings. The lowest BCUT2D eigenvalue weighted by Crippen LogP contribution is -2.55. The smallest absolute Gasteiger partial charge is 0.252 e. The van der Waals surface area contributed by atoms with Gasteiger partial charge in [0.15, 0.2) is 0 Å². The summed E-state index contributed by atoms with van der Waals surface area (Å²) in [6, 6.07) is 16.5. The first kappa shape index (κ1) is 19.9. The van der Waals surface area contributed by atoms with Gasteiger partial charge in [0.1, 0.15) is 15.8 Å². The maximum absolute atomic E-state index is 13.7. The number of phenolic OH excluding ortho intramolecular Hbond substituents is 1. The summed E-state index contributed by atoms with van der Waals surface area (Å²) in [6.07, 6.45) is 0.509. The van der Waals surface area contributed by atoms with Crippen LogP contribution in [0.2, 0.25) is 0 Å². The fraction of sp³-hybridized carbons (Fsp3) is 0.238. The highest BCUT2D eigenvalue weighted by atomic mass is 32.2. The van der Waals surface area contributed by atoms with Crippen molar-refractivity contribution in [1.29, 1.82) is 0 Å². The highest BCUT2D eigenvalue weighted by Gasteiger charge is 2.35. The molecule has 1 aromatic heterocycles. The first-order valence-corrected chi connectivity index (χ1v) is 11.6. The molecule has 1 atom stereocenters. The topological polar surface area (TPSA) is 60.9 Å². The van der Waals surface area contributed by atoms with E-state index in [-0.39, 0.29) is 17.6 Å². The number of aromatic hydroxyl groups is 1. The zero-order chi connectivity index (χ0) is 20.4. The normalized spacial score (nSPS) is 18.1. The summed E-state index contributed by atoms with van der Waals surface area (Å²) >= 11 is 1.21. The van der Waals surface area contributed by atoms with Gasteiger partial charge in [0.2, 0.25) is 0 Å². The molecule has 152 valence electrons. The van der Waals surface area contributed by atoms with E-state index >= 15 is 0 Å². The lowest BCUT2D eigenvalue weighted by Gasteiger charge is -2.42. The van der Waals surface area contributed by atoms with Gasteiger partial charge in [-0.05, 0) is 59.8 Å². The summed E-state index contributed by atoms with van der Waals surface area (Å²) < 4.78 is 41.6. The number of anilines is 1. The van der Waals surface area contributed by atoms with Crippen LogP contribution in [0.15, 0.2) is 70.3 Å². The third-order valence-electron chi connectivity index (χ3n) is 5.08. The third kappa shape index (κ3) is 4.29. The molecular formula is C21H21FN2O3S2. The zero-order valence-electron chi connectivity index (χ0n) is 15.6. The lowest BCUT2D eigenvalue weighted by molar-refractivity contribution is 0.331. The number of piperazine rings is 1. The van der Waals surface area contributed by atoms with Crippen molar-refractivity contribution in [2.45, 2.75) is 16.7 Å². The average molecular weight is 433 g/mol. The Morgan fingerprint density at radius 2 is 1.86 bits per heavy atom. The Morgan fingerprint density at radius 1 is 1.07 bits per heavy atom. The molecule has 0 spiro atoms. The first-order valence-electron chi connectivity index (χ1n) is 9.27. The Morgan fingerprint density at radius 3 is 2.55 bits per heavy atom. The quantitative estimate of drug-likeness (QED) is 0.668. The highest BCUT2D eigenvalue weighted by molar-refractivity contribution is 7.91. The van der Waals surface area contributed by atoms with Gasteiger partial charge in [0.25, 0.3) is 10.0 Å². The molecule has 3 aromatic rings. The van der Waals surface area contributed by atoms with E-state index in [4.69, 9.17) is 0 Å². The summed E-state index contributed by atoms with van der Waals surface area (Å²) in [4.78, 5) is 2.13. The average Bonchev–Trinajstić information content (AvgIpc) is 3.24. The van der Waals surface area contributed by atoms with Crippen molar-refractivity contribution in [2.75, 3.05) is 24.5 Å². The van der Waals surface area contributed by atoms with Crippen LogP contribution < -0.4 is 4.90 Å². The highest BCUT2D eigenvalue weighted by Crippen LogP contribution is 2.29. The van der Waals surface area contributed by atoms with Gasteiger partial charge in [-0.25, -0.2) is 12.8 Å². The van der Waals surface area contributed by atoms with Crippen LogP contribution in [-0.2, 0) is 16.4 Å². The van der Waals surface area contributed by atoms with E-state index in [1.54, 1.807) is 35.7 Å². The summed E-state index contributed by atoms with van der Waals surface area (Å²) in [7, 11) is -3.55. The summed E-state index contributed by atoms with van der Waals surface area (Å²) in [5, 5.41) is 11.3. The zero-order valence-corrected chi connectivity index (χ0v) is 17.2. The summed E-state index contributed by atoms with van der Waals surface area (Å²) in [6.45, 7) is 1.17. The van der Waals surface area contributed by atoms with Crippen molar-refractivity contribution in [3.8, 4) is 5.75 Å². The molecule has 5 nitrogen and oxygen atoms in total. The van der Waals surface area contributed by atoms with Crippen LogP contribution >= 0.6 is 11.3 Å². The molecule has 1 N–H and O–H groups in total. The molecule has 1 saturated heterocycles. The van der Waals surface area contributed by atoms with E-state index in [0.717, 1.165) is 11.3 Å². The Bertz CT molecular complexity index is 1070. The Balaban J connectivity index is 1.64. The largest absolute Gasteiger partial charge is 0.508 e. The van der Waals surface area contributed by atoms with Gasteiger partial charge in [-0.1, -0.05) is 18.2 Å². The molecule has 1 aliphatic rings. The Labute approximate surface area is 173 Å². The van der Waals surface area contributed by atoms with E-state index in [1.165, 1.54) is 27.8 Å². The molecule has 29 heavy (non-hydrogen) atoms. The molecular weight excluding hydrogens is 411 g/mol. The number of hydrogen-bond donors (Lipinski definition) is 1. The summed E-state index contributed by atoms with van der Waals surface area (Å²) in [5.74, 6) is -0.133. The van der Waals surface area contributed by atoms with Crippen molar-refractivity contribution in [2.24, 2.45) is 0 Å². The predicted molar refractivity (Wildman–Crippen MR) is 112 cm³/mol. The van der Waals surface area contributed by atoms with Gasteiger partial charge < -0.3 is 10.0 Å². The van der Waals surface area contributed by atoms with Crippen LogP contribution in [0.25, 0.3) is 0 Å². The number of halogens is 1.